The molecule has 1 saturated carbocycles. The van der Waals surface area contributed by atoms with E-state index in [2.05, 4.69) is 11.4 Å². The number of benzene rings is 1. The van der Waals surface area contributed by atoms with Gasteiger partial charge in [-0.05, 0) is 25.0 Å². The third-order valence-electron chi connectivity index (χ3n) is 4.10. The van der Waals surface area contributed by atoms with Crippen molar-refractivity contribution < 1.29 is 4.42 Å². The first kappa shape index (κ1) is 12.1. The molecule has 0 amide bonds. The molecule has 102 valence electrons. The van der Waals surface area contributed by atoms with Gasteiger partial charge < -0.3 is 10.2 Å². The molecule has 1 aromatic carbocycles. The highest BCUT2D eigenvalue weighted by Crippen LogP contribution is 2.39. The molecule has 0 aliphatic heterocycles. The van der Waals surface area contributed by atoms with Gasteiger partial charge in [-0.1, -0.05) is 31.0 Å². The number of furan rings is 1. The highest BCUT2D eigenvalue weighted by Gasteiger charge is 2.34. The number of rotatable bonds is 2. The van der Waals surface area contributed by atoms with Crippen LogP contribution in [0.25, 0.3) is 22.4 Å². The van der Waals surface area contributed by atoms with Gasteiger partial charge in [0.05, 0.1) is 5.54 Å². The lowest BCUT2D eigenvalue weighted by Gasteiger charge is -2.19. The summed E-state index contributed by atoms with van der Waals surface area (Å²) >= 11 is 1.65. The van der Waals surface area contributed by atoms with E-state index in [-0.39, 0.29) is 5.54 Å². The predicted octanol–water partition coefficient (Wildman–Crippen LogP) is 4.28. The number of hydrogen-bond donors (Lipinski definition) is 1. The second-order valence-corrected chi connectivity index (χ2v) is 6.41. The Morgan fingerprint density at radius 1 is 1.20 bits per heavy atom. The largest absolute Gasteiger partial charge is 0.454 e. The average molecular weight is 284 g/mol. The van der Waals surface area contributed by atoms with E-state index in [4.69, 9.17) is 15.1 Å². The topological polar surface area (TPSA) is 52.0 Å². The molecule has 0 unspecified atom stereocenters. The smallest absolute Gasteiger partial charge is 0.154 e. The molecule has 0 atom stereocenters. The van der Waals surface area contributed by atoms with Crippen LogP contribution in [0.15, 0.2) is 40.1 Å². The Balaban J connectivity index is 1.74. The summed E-state index contributed by atoms with van der Waals surface area (Å²) in [6.07, 6.45) is 4.49. The first-order valence-electron chi connectivity index (χ1n) is 6.98. The fourth-order valence-electron chi connectivity index (χ4n) is 2.94. The van der Waals surface area contributed by atoms with Crippen LogP contribution in [0.2, 0.25) is 0 Å². The molecular weight excluding hydrogens is 268 g/mol. The van der Waals surface area contributed by atoms with E-state index in [1.165, 1.54) is 12.8 Å². The first-order chi connectivity index (χ1) is 9.74. The molecule has 3 nitrogen and oxygen atoms in total. The molecule has 3 aromatic rings. The maximum absolute atomic E-state index is 6.46. The Bertz CT molecular complexity index is 720. The summed E-state index contributed by atoms with van der Waals surface area (Å²) in [4.78, 5) is 4.73. The van der Waals surface area contributed by atoms with Crippen LogP contribution >= 0.6 is 11.3 Å². The number of aromatic nitrogens is 1. The van der Waals surface area contributed by atoms with Crippen molar-refractivity contribution in [3.05, 3.63) is 40.7 Å². The maximum atomic E-state index is 6.46. The highest BCUT2D eigenvalue weighted by atomic mass is 32.1. The van der Waals surface area contributed by atoms with Gasteiger partial charge in [0.1, 0.15) is 16.3 Å². The SMILES string of the molecule is NC1(c2nc(-c3cc4ccccc4o3)cs2)CCCC1. The number of thiazole rings is 1. The second-order valence-electron chi connectivity index (χ2n) is 5.55. The Labute approximate surface area is 121 Å². The zero-order chi connectivity index (χ0) is 13.6. The molecule has 4 heteroatoms. The van der Waals surface area contributed by atoms with E-state index in [9.17, 15) is 0 Å². The molecule has 1 aliphatic carbocycles. The molecule has 2 heterocycles. The number of nitrogens with two attached hydrogens (primary N) is 1. The van der Waals surface area contributed by atoms with E-state index < -0.39 is 0 Å². The number of nitrogens with zero attached hydrogens (tertiary/aromatic N) is 1. The normalized spacial score (nSPS) is 17.9. The van der Waals surface area contributed by atoms with Crippen molar-refractivity contribution >= 4 is 22.3 Å². The molecule has 0 saturated heterocycles. The quantitative estimate of drug-likeness (QED) is 0.764. The van der Waals surface area contributed by atoms with Crippen LogP contribution in [0, 0.1) is 0 Å². The lowest BCUT2D eigenvalue weighted by atomic mass is 10.0. The standard InChI is InChI=1S/C16H16N2OS/c17-16(7-3-4-8-16)15-18-12(10-20-15)14-9-11-5-1-2-6-13(11)19-14/h1-2,5-6,9-10H,3-4,7-8,17H2. The van der Waals surface area contributed by atoms with Crippen LogP contribution in [-0.4, -0.2) is 4.98 Å². The number of hydrogen-bond acceptors (Lipinski definition) is 4. The minimum atomic E-state index is -0.213. The monoisotopic (exact) mass is 284 g/mol. The minimum Gasteiger partial charge on any atom is -0.454 e. The van der Waals surface area contributed by atoms with Crippen molar-refractivity contribution in [2.45, 2.75) is 31.2 Å². The van der Waals surface area contributed by atoms with Crippen molar-refractivity contribution in [2.75, 3.05) is 0 Å². The van der Waals surface area contributed by atoms with Gasteiger partial charge in [0.2, 0.25) is 0 Å². The molecule has 1 fully saturated rings. The number of para-hydroxylation sites is 1. The van der Waals surface area contributed by atoms with Gasteiger partial charge in [0.15, 0.2) is 5.76 Å². The molecule has 4 rings (SSSR count). The molecular formula is C16H16N2OS. The average Bonchev–Trinajstić information content (AvgIpc) is 3.17. The zero-order valence-corrected chi connectivity index (χ0v) is 12.0. The Morgan fingerprint density at radius 2 is 2.00 bits per heavy atom. The molecule has 0 spiro atoms. The Hall–Kier alpha value is -1.65. The van der Waals surface area contributed by atoms with Crippen LogP contribution < -0.4 is 5.73 Å². The molecule has 2 N–H and O–H groups in total. The van der Waals surface area contributed by atoms with Gasteiger partial charge in [-0.3, -0.25) is 0 Å². The maximum Gasteiger partial charge on any atom is 0.154 e. The first-order valence-corrected chi connectivity index (χ1v) is 7.86. The fourth-order valence-corrected chi connectivity index (χ4v) is 3.93. The minimum absolute atomic E-state index is 0.213. The van der Waals surface area contributed by atoms with Gasteiger partial charge >= 0.3 is 0 Å². The van der Waals surface area contributed by atoms with E-state index in [0.717, 1.165) is 40.3 Å². The second kappa shape index (κ2) is 4.43. The van der Waals surface area contributed by atoms with Gasteiger partial charge in [-0.25, -0.2) is 4.98 Å². The highest BCUT2D eigenvalue weighted by molar-refractivity contribution is 7.10. The summed E-state index contributed by atoms with van der Waals surface area (Å²) in [7, 11) is 0. The third kappa shape index (κ3) is 1.87. The molecule has 20 heavy (non-hydrogen) atoms. The van der Waals surface area contributed by atoms with Crippen LogP contribution in [0.1, 0.15) is 30.7 Å². The molecule has 2 aromatic heterocycles. The van der Waals surface area contributed by atoms with E-state index in [1.54, 1.807) is 11.3 Å². The molecule has 0 radical (unpaired) electrons. The summed E-state index contributed by atoms with van der Waals surface area (Å²) in [5, 5.41) is 4.21. The van der Waals surface area contributed by atoms with Gasteiger partial charge in [-0.2, -0.15) is 0 Å². The van der Waals surface area contributed by atoms with E-state index >= 15 is 0 Å². The fraction of sp³-hybridized carbons (Fsp3) is 0.312. The summed E-state index contributed by atoms with van der Waals surface area (Å²) in [5.41, 5.74) is 8.05. The summed E-state index contributed by atoms with van der Waals surface area (Å²) in [5.74, 6) is 0.829. The van der Waals surface area contributed by atoms with Crippen LogP contribution in [0.5, 0.6) is 0 Å². The van der Waals surface area contributed by atoms with Crippen molar-refractivity contribution in [1.82, 2.24) is 4.98 Å². The Kier molecular flexibility index (Phi) is 2.69. The van der Waals surface area contributed by atoms with Crippen LogP contribution in [0.3, 0.4) is 0 Å². The molecule has 1 aliphatic rings. The van der Waals surface area contributed by atoms with E-state index in [0.29, 0.717) is 0 Å². The lowest BCUT2D eigenvalue weighted by Crippen LogP contribution is -2.32. The van der Waals surface area contributed by atoms with Crippen molar-refractivity contribution in [1.29, 1.82) is 0 Å². The predicted molar refractivity (Wildman–Crippen MR) is 81.7 cm³/mol. The van der Waals surface area contributed by atoms with Crippen LogP contribution in [-0.2, 0) is 5.54 Å². The van der Waals surface area contributed by atoms with Crippen LogP contribution in [0.4, 0.5) is 0 Å². The zero-order valence-electron chi connectivity index (χ0n) is 11.1. The van der Waals surface area contributed by atoms with Gasteiger partial charge in [0, 0.05) is 10.8 Å². The van der Waals surface area contributed by atoms with E-state index in [1.807, 2.05) is 24.3 Å². The summed E-state index contributed by atoms with van der Waals surface area (Å²) in [6, 6.07) is 10.1. The summed E-state index contributed by atoms with van der Waals surface area (Å²) in [6.45, 7) is 0. The Morgan fingerprint density at radius 3 is 2.80 bits per heavy atom. The van der Waals surface area contributed by atoms with Crippen molar-refractivity contribution in [3.8, 4) is 11.5 Å². The lowest BCUT2D eigenvalue weighted by molar-refractivity contribution is 0.459. The van der Waals surface area contributed by atoms with Crippen molar-refractivity contribution in [3.63, 3.8) is 0 Å². The summed E-state index contributed by atoms with van der Waals surface area (Å²) < 4.78 is 5.87. The van der Waals surface area contributed by atoms with Crippen molar-refractivity contribution in [2.24, 2.45) is 5.73 Å². The molecule has 0 bridgehead atoms. The van der Waals surface area contributed by atoms with Gasteiger partial charge in [0.25, 0.3) is 0 Å². The van der Waals surface area contributed by atoms with Gasteiger partial charge in [-0.15, -0.1) is 11.3 Å². The number of fused-ring (bicyclic) bond motifs is 1. The third-order valence-corrected chi connectivity index (χ3v) is 5.17.